The molecule has 0 radical (unpaired) electrons. The molecule has 0 spiro atoms. The normalized spacial score (nSPS) is 12.9. The topological polar surface area (TPSA) is 49.7 Å². The van der Waals surface area contributed by atoms with E-state index in [-0.39, 0.29) is 0 Å². The summed E-state index contributed by atoms with van der Waals surface area (Å²) >= 11 is 0. The predicted molar refractivity (Wildman–Crippen MR) is 90.8 cm³/mol. The molecule has 5 heteroatoms. The van der Waals surface area contributed by atoms with Gasteiger partial charge in [0.05, 0.1) is 0 Å². The van der Waals surface area contributed by atoms with Crippen molar-refractivity contribution in [3.63, 3.8) is 0 Å². The highest BCUT2D eigenvalue weighted by molar-refractivity contribution is 6.69. The summed E-state index contributed by atoms with van der Waals surface area (Å²) in [7, 11) is -4.80. The summed E-state index contributed by atoms with van der Waals surface area (Å²) < 4.78 is 5.29. The lowest BCUT2D eigenvalue weighted by Gasteiger charge is -2.12. The first kappa shape index (κ1) is 15.6. The molecule has 2 aromatic rings. The van der Waals surface area contributed by atoms with Crippen LogP contribution in [0.5, 0.6) is 0 Å². The molecule has 0 heterocycles. The van der Waals surface area contributed by atoms with E-state index in [9.17, 15) is 9.59 Å². The molecule has 0 aliphatic heterocycles. The molecule has 0 fully saturated rings. The molecular formula is C16H18O3Si2. The predicted octanol–water partition coefficient (Wildman–Crippen LogP) is 1.93. The van der Waals surface area contributed by atoms with E-state index in [1.54, 1.807) is 6.08 Å². The van der Waals surface area contributed by atoms with Crippen molar-refractivity contribution in [1.29, 1.82) is 0 Å². The van der Waals surface area contributed by atoms with E-state index in [1.807, 2.05) is 72.4 Å². The van der Waals surface area contributed by atoms with Gasteiger partial charge in [0.1, 0.15) is 0 Å². The molecule has 21 heavy (non-hydrogen) atoms. The maximum absolute atomic E-state index is 9.86. The minimum atomic E-state index is -3.69. The largest absolute Gasteiger partial charge is 0.513 e. The molecule has 2 N–H and O–H groups in total. The average molecular weight is 314 g/mol. The van der Waals surface area contributed by atoms with Crippen LogP contribution < -0.4 is 0 Å². The van der Waals surface area contributed by atoms with Gasteiger partial charge in [-0.25, -0.2) is 0 Å². The van der Waals surface area contributed by atoms with Crippen molar-refractivity contribution in [3.8, 4) is 0 Å². The Labute approximate surface area is 128 Å². The van der Waals surface area contributed by atoms with Crippen LogP contribution in [-0.4, -0.2) is 28.2 Å². The highest BCUT2D eigenvalue weighted by Crippen LogP contribution is 2.06. The molecule has 108 valence electrons. The smallest absolute Gasteiger partial charge is 0.414 e. The van der Waals surface area contributed by atoms with E-state index >= 15 is 0 Å². The first-order valence-corrected chi connectivity index (χ1v) is 9.98. The Morgan fingerprint density at radius 1 is 0.810 bits per heavy atom. The third-order valence-electron chi connectivity index (χ3n) is 2.79. The van der Waals surface area contributed by atoms with Gasteiger partial charge in [-0.2, -0.15) is 0 Å². The fourth-order valence-corrected chi connectivity index (χ4v) is 4.27. The summed E-state index contributed by atoms with van der Waals surface area (Å²) in [5.74, 6) is 0. The van der Waals surface area contributed by atoms with Crippen molar-refractivity contribution >= 4 is 30.7 Å². The van der Waals surface area contributed by atoms with Gasteiger partial charge in [-0.05, 0) is 16.8 Å². The second kappa shape index (κ2) is 7.87. The first-order valence-electron chi connectivity index (χ1n) is 6.70. The van der Waals surface area contributed by atoms with Gasteiger partial charge in [0.2, 0.25) is 0 Å². The van der Waals surface area contributed by atoms with E-state index in [4.69, 9.17) is 4.12 Å². The maximum atomic E-state index is 9.86. The van der Waals surface area contributed by atoms with Gasteiger partial charge in [0.25, 0.3) is 0 Å². The van der Waals surface area contributed by atoms with Crippen molar-refractivity contribution in [1.82, 2.24) is 0 Å². The molecule has 0 atom stereocenters. The molecule has 0 saturated heterocycles. The summed E-state index contributed by atoms with van der Waals surface area (Å²) in [6.07, 6.45) is 3.62. The standard InChI is InChI=1S/C16H18O3Si2/c17-21(18,14-12-16-9-5-2-6-10-16)19-20-13-11-15-7-3-1-4-8-15/h1-14,17-18H,20H2. The van der Waals surface area contributed by atoms with Gasteiger partial charge in [-0.1, -0.05) is 78.5 Å². The van der Waals surface area contributed by atoms with Gasteiger partial charge < -0.3 is 13.7 Å². The Hall–Kier alpha value is -1.77. The summed E-state index contributed by atoms with van der Waals surface area (Å²) in [5, 5.41) is 0. The zero-order chi connectivity index (χ0) is 15.0. The Kier molecular flexibility index (Phi) is 5.85. The lowest BCUT2D eigenvalue weighted by Crippen LogP contribution is -2.37. The van der Waals surface area contributed by atoms with Crippen LogP contribution in [-0.2, 0) is 4.12 Å². The SMILES string of the molecule is O[Si](O)(C=Cc1ccccc1)O[SiH2]C=Cc1ccccc1. The van der Waals surface area contributed by atoms with Gasteiger partial charge >= 0.3 is 8.80 Å². The third-order valence-corrected chi connectivity index (χ3v) is 6.19. The highest BCUT2D eigenvalue weighted by Gasteiger charge is 2.27. The van der Waals surface area contributed by atoms with Crippen LogP contribution in [0.1, 0.15) is 11.1 Å². The van der Waals surface area contributed by atoms with Gasteiger partial charge in [-0.3, -0.25) is 0 Å². The monoisotopic (exact) mass is 314 g/mol. The van der Waals surface area contributed by atoms with Crippen LogP contribution in [0.2, 0.25) is 0 Å². The zero-order valence-corrected chi connectivity index (χ0v) is 14.0. The Bertz CT molecular complexity index is 595. The number of benzene rings is 2. The number of hydrogen-bond acceptors (Lipinski definition) is 3. The van der Waals surface area contributed by atoms with Crippen LogP contribution in [0.25, 0.3) is 12.2 Å². The summed E-state index contributed by atoms with van der Waals surface area (Å²) in [5.41, 5.74) is 5.28. The zero-order valence-electron chi connectivity index (χ0n) is 11.6. The first-order chi connectivity index (χ1) is 10.2. The molecule has 2 rings (SSSR count). The summed E-state index contributed by atoms with van der Waals surface area (Å²) in [6.45, 7) is 0. The summed E-state index contributed by atoms with van der Waals surface area (Å²) in [6, 6.07) is 19.4. The van der Waals surface area contributed by atoms with E-state index in [2.05, 4.69) is 0 Å². The molecule has 0 amide bonds. The number of hydrogen-bond donors (Lipinski definition) is 2. The van der Waals surface area contributed by atoms with Gasteiger partial charge in [0, 0.05) is 0 Å². The Morgan fingerprint density at radius 2 is 1.33 bits per heavy atom. The van der Waals surface area contributed by atoms with Crippen molar-refractivity contribution in [2.75, 3.05) is 0 Å². The lowest BCUT2D eigenvalue weighted by atomic mass is 10.2. The van der Waals surface area contributed by atoms with E-state index < -0.39 is 18.6 Å². The molecule has 2 aromatic carbocycles. The molecular weight excluding hydrogens is 296 g/mol. The lowest BCUT2D eigenvalue weighted by molar-refractivity contribution is 0.266. The molecule has 0 unspecified atom stereocenters. The van der Waals surface area contributed by atoms with E-state index in [0.29, 0.717) is 0 Å². The minimum Gasteiger partial charge on any atom is -0.414 e. The number of rotatable bonds is 6. The van der Waals surface area contributed by atoms with E-state index in [0.717, 1.165) is 11.1 Å². The Morgan fingerprint density at radius 3 is 1.90 bits per heavy atom. The molecule has 0 bridgehead atoms. The molecule has 0 aromatic heterocycles. The second-order valence-electron chi connectivity index (χ2n) is 4.53. The van der Waals surface area contributed by atoms with Crippen LogP contribution >= 0.6 is 0 Å². The maximum Gasteiger partial charge on any atom is 0.513 e. The minimum absolute atomic E-state index is 0.919. The fraction of sp³-hybridized carbons (Fsp3) is 0. The van der Waals surface area contributed by atoms with Gasteiger partial charge in [-0.15, -0.1) is 0 Å². The van der Waals surface area contributed by atoms with Gasteiger partial charge in [0.15, 0.2) is 9.76 Å². The van der Waals surface area contributed by atoms with Crippen molar-refractivity contribution in [2.45, 2.75) is 0 Å². The van der Waals surface area contributed by atoms with Crippen LogP contribution in [0, 0.1) is 0 Å². The summed E-state index contributed by atoms with van der Waals surface area (Å²) in [4.78, 5) is 19.7. The van der Waals surface area contributed by atoms with Crippen molar-refractivity contribution in [3.05, 3.63) is 83.2 Å². The van der Waals surface area contributed by atoms with Crippen LogP contribution in [0.3, 0.4) is 0 Å². The van der Waals surface area contributed by atoms with Crippen LogP contribution in [0.4, 0.5) is 0 Å². The average Bonchev–Trinajstić information content (AvgIpc) is 2.52. The highest BCUT2D eigenvalue weighted by atomic mass is 28.4. The Balaban J connectivity index is 1.84. The second-order valence-corrected chi connectivity index (χ2v) is 8.14. The molecule has 0 aliphatic rings. The molecule has 0 aliphatic carbocycles. The third kappa shape index (κ3) is 6.03. The van der Waals surface area contributed by atoms with Crippen molar-refractivity contribution in [2.24, 2.45) is 0 Å². The fourth-order valence-electron chi connectivity index (χ4n) is 1.74. The van der Waals surface area contributed by atoms with Crippen molar-refractivity contribution < 1.29 is 13.7 Å². The quantitative estimate of drug-likeness (QED) is 0.801. The molecule has 0 saturated carbocycles. The van der Waals surface area contributed by atoms with Crippen LogP contribution in [0.15, 0.2) is 72.1 Å². The van der Waals surface area contributed by atoms with E-state index in [1.165, 1.54) is 5.70 Å². The molecule has 3 nitrogen and oxygen atoms in total.